The fraction of sp³-hybridized carbons (Fsp3) is 0.607. The van der Waals surface area contributed by atoms with Crippen LogP contribution in [0.1, 0.15) is 57.9 Å². The van der Waals surface area contributed by atoms with Crippen LogP contribution in [0.5, 0.6) is 0 Å². The number of carbonyl (C=O) groups excluding carboxylic acids is 2. The predicted octanol–water partition coefficient (Wildman–Crippen LogP) is 4.78. The van der Waals surface area contributed by atoms with Crippen molar-refractivity contribution in [2.24, 2.45) is 34.5 Å². The van der Waals surface area contributed by atoms with Gasteiger partial charge in [-0.2, -0.15) is 0 Å². The van der Waals surface area contributed by atoms with Crippen LogP contribution in [0, 0.1) is 34.5 Å². The highest BCUT2D eigenvalue weighted by Crippen LogP contribution is 2.65. The van der Waals surface area contributed by atoms with E-state index in [-0.39, 0.29) is 22.6 Å². The maximum absolute atomic E-state index is 12.8. The molecule has 3 aliphatic carbocycles. The lowest BCUT2D eigenvalue weighted by atomic mass is 9.47. The van der Waals surface area contributed by atoms with Gasteiger partial charge in [-0.3, -0.25) is 9.59 Å². The number of nitrogens with zero attached hydrogens (tertiary/aromatic N) is 1. The predicted molar refractivity (Wildman–Crippen MR) is 135 cm³/mol. The highest BCUT2D eigenvalue weighted by Gasteiger charge is 2.60. The molecule has 0 radical (unpaired) electrons. The SMILES string of the molecule is CN1C(=O)C=C[C@]2(C)[C@H]3CC[C@]4(C)[C@@H](CNC(=O)C(=S)c5ccccc5)CC[C@H]4[C@@H]3CC[C@@H]12. The number of rotatable bonds is 4. The quantitative estimate of drug-likeness (QED) is 0.516. The van der Waals surface area contributed by atoms with Gasteiger partial charge in [-0.15, -0.1) is 0 Å². The zero-order valence-corrected chi connectivity index (χ0v) is 20.9. The van der Waals surface area contributed by atoms with Gasteiger partial charge in [0, 0.05) is 25.0 Å². The molecule has 5 rings (SSSR count). The Labute approximate surface area is 203 Å². The first kappa shape index (κ1) is 22.8. The van der Waals surface area contributed by atoms with E-state index in [1.807, 2.05) is 48.4 Å². The van der Waals surface area contributed by atoms with Crippen molar-refractivity contribution in [1.29, 1.82) is 0 Å². The maximum Gasteiger partial charge on any atom is 0.262 e. The average molecular weight is 465 g/mol. The zero-order chi connectivity index (χ0) is 23.4. The number of carbonyl (C=O) groups is 2. The van der Waals surface area contributed by atoms with Crippen molar-refractivity contribution in [3.8, 4) is 0 Å². The molecule has 7 atom stereocenters. The van der Waals surface area contributed by atoms with Crippen LogP contribution in [-0.2, 0) is 9.59 Å². The topological polar surface area (TPSA) is 49.4 Å². The van der Waals surface area contributed by atoms with E-state index >= 15 is 0 Å². The molecule has 2 amide bonds. The number of thiocarbonyl (C=S) groups is 1. The maximum atomic E-state index is 12.8. The van der Waals surface area contributed by atoms with E-state index in [0.717, 1.165) is 12.0 Å². The third kappa shape index (κ3) is 3.58. The summed E-state index contributed by atoms with van der Waals surface area (Å²) in [5, 5.41) is 3.18. The molecule has 4 nitrogen and oxygen atoms in total. The molecule has 1 aliphatic heterocycles. The normalized spacial score (nSPS) is 39.4. The number of hydrogen-bond acceptors (Lipinski definition) is 3. The van der Waals surface area contributed by atoms with E-state index in [0.29, 0.717) is 41.1 Å². The first-order chi connectivity index (χ1) is 15.8. The number of hydrogen-bond donors (Lipinski definition) is 1. The first-order valence-corrected chi connectivity index (χ1v) is 13.0. The molecule has 0 spiro atoms. The molecule has 1 aromatic rings. The van der Waals surface area contributed by atoms with Crippen molar-refractivity contribution in [2.45, 2.75) is 58.4 Å². The molecule has 3 saturated carbocycles. The molecule has 1 N–H and O–H groups in total. The Kier molecular flexibility index (Phi) is 5.75. The van der Waals surface area contributed by atoms with Crippen molar-refractivity contribution in [2.75, 3.05) is 13.6 Å². The summed E-state index contributed by atoms with van der Waals surface area (Å²) in [4.78, 5) is 27.4. The van der Waals surface area contributed by atoms with Crippen LogP contribution in [0.25, 0.3) is 0 Å². The van der Waals surface area contributed by atoms with Crippen LogP contribution in [-0.4, -0.2) is 41.2 Å². The lowest BCUT2D eigenvalue weighted by molar-refractivity contribution is -0.139. The van der Waals surface area contributed by atoms with E-state index in [1.54, 1.807) is 0 Å². The molecule has 1 aromatic carbocycles. The van der Waals surface area contributed by atoms with Crippen LogP contribution < -0.4 is 5.32 Å². The second-order valence-electron chi connectivity index (χ2n) is 11.3. The van der Waals surface area contributed by atoms with Gasteiger partial charge < -0.3 is 10.2 Å². The van der Waals surface area contributed by atoms with E-state index in [1.165, 1.54) is 32.1 Å². The van der Waals surface area contributed by atoms with Crippen molar-refractivity contribution in [3.05, 3.63) is 48.0 Å². The van der Waals surface area contributed by atoms with Gasteiger partial charge in [-0.1, -0.05) is 62.5 Å². The number of amides is 2. The van der Waals surface area contributed by atoms with E-state index in [9.17, 15) is 9.59 Å². The Morgan fingerprint density at radius 1 is 1.09 bits per heavy atom. The molecule has 5 heteroatoms. The molecule has 33 heavy (non-hydrogen) atoms. The molecule has 0 aromatic heterocycles. The van der Waals surface area contributed by atoms with Gasteiger partial charge in [0.15, 0.2) is 0 Å². The Hall–Kier alpha value is -2.01. The number of likely N-dealkylation sites (N-methyl/N-ethyl adjacent to an activating group) is 1. The fourth-order valence-electron chi connectivity index (χ4n) is 8.20. The van der Waals surface area contributed by atoms with Gasteiger partial charge in [0.05, 0.1) is 0 Å². The number of fused-ring (bicyclic) bond motifs is 5. The molecule has 0 bridgehead atoms. The lowest BCUT2D eigenvalue weighted by Gasteiger charge is -2.60. The summed E-state index contributed by atoms with van der Waals surface area (Å²) < 4.78 is 0. The zero-order valence-electron chi connectivity index (χ0n) is 20.0. The van der Waals surface area contributed by atoms with Crippen LogP contribution in [0.3, 0.4) is 0 Å². The smallest absolute Gasteiger partial charge is 0.262 e. The van der Waals surface area contributed by atoms with Gasteiger partial charge >= 0.3 is 0 Å². The highest BCUT2D eigenvalue weighted by atomic mass is 32.1. The third-order valence-electron chi connectivity index (χ3n) is 10.1. The summed E-state index contributed by atoms with van der Waals surface area (Å²) in [5.41, 5.74) is 1.17. The van der Waals surface area contributed by atoms with Gasteiger partial charge in [0.25, 0.3) is 5.91 Å². The number of nitrogens with one attached hydrogen (secondary N) is 1. The molecule has 1 heterocycles. The molecule has 176 valence electrons. The van der Waals surface area contributed by atoms with Gasteiger partial charge in [0.1, 0.15) is 4.86 Å². The number of benzene rings is 1. The van der Waals surface area contributed by atoms with E-state index in [2.05, 4.69) is 25.2 Å². The van der Waals surface area contributed by atoms with Crippen LogP contribution >= 0.6 is 12.2 Å². The Balaban J connectivity index is 1.28. The Morgan fingerprint density at radius 3 is 2.61 bits per heavy atom. The molecule has 3 fully saturated rings. The Bertz CT molecular complexity index is 991. The molecular formula is C28H36N2O2S. The van der Waals surface area contributed by atoms with Crippen LogP contribution in [0.15, 0.2) is 42.5 Å². The van der Waals surface area contributed by atoms with E-state index < -0.39 is 0 Å². The second kappa shape index (κ2) is 8.33. The summed E-state index contributed by atoms with van der Waals surface area (Å²) in [6, 6.07) is 9.90. The summed E-state index contributed by atoms with van der Waals surface area (Å²) in [5.74, 6) is 2.59. The van der Waals surface area contributed by atoms with Crippen molar-refractivity contribution in [3.63, 3.8) is 0 Å². The van der Waals surface area contributed by atoms with Gasteiger partial charge in [0.2, 0.25) is 5.91 Å². The van der Waals surface area contributed by atoms with Crippen molar-refractivity contribution in [1.82, 2.24) is 10.2 Å². The fourth-order valence-corrected chi connectivity index (χ4v) is 8.41. The molecule has 0 saturated heterocycles. The molecule has 0 unspecified atom stereocenters. The van der Waals surface area contributed by atoms with Gasteiger partial charge in [-0.05, 0) is 79.3 Å². The first-order valence-electron chi connectivity index (χ1n) is 12.6. The monoisotopic (exact) mass is 464 g/mol. The summed E-state index contributed by atoms with van der Waals surface area (Å²) in [6.07, 6.45) is 11.2. The summed E-state index contributed by atoms with van der Waals surface area (Å²) in [6.45, 7) is 5.59. The highest BCUT2D eigenvalue weighted by molar-refractivity contribution is 7.82. The second-order valence-corrected chi connectivity index (χ2v) is 11.8. The van der Waals surface area contributed by atoms with Crippen LogP contribution in [0.2, 0.25) is 0 Å². The molecule has 4 aliphatic rings. The minimum absolute atomic E-state index is 0.0844. The summed E-state index contributed by atoms with van der Waals surface area (Å²) in [7, 11) is 1.98. The van der Waals surface area contributed by atoms with Gasteiger partial charge in [-0.25, -0.2) is 0 Å². The van der Waals surface area contributed by atoms with Crippen LogP contribution in [0.4, 0.5) is 0 Å². The largest absolute Gasteiger partial charge is 0.351 e. The van der Waals surface area contributed by atoms with E-state index in [4.69, 9.17) is 12.2 Å². The van der Waals surface area contributed by atoms with Crippen molar-refractivity contribution >= 4 is 28.9 Å². The average Bonchev–Trinajstić information content (AvgIpc) is 3.16. The minimum atomic E-state index is -0.120. The Morgan fingerprint density at radius 2 is 1.85 bits per heavy atom. The lowest BCUT2D eigenvalue weighted by Crippen LogP contribution is -2.59. The standard InChI is InChI=1S/C28H36N2O2S/c1-27-15-13-22-20(10-12-23-28(22,2)16-14-24(31)30(23)3)21(27)11-9-19(27)17-29-26(32)25(33)18-7-5-4-6-8-18/h4-8,14,16,19-23H,9-13,15,17H2,1-3H3,(H,29,32)/t19-,20+,21+,22+,23-,27-,28-/m1/s1. The minimum Gasteiger partial charge on any atom is -0.351 e. The molecular weight excluding hydrogens is 428 g/mol. The van der Waals surface area contributed by atoms with Crippen molar-refractivity contribution < 1.29 is 9.59 Å². The summed E-state index contributed by atoms with van der Waals surface area (Å²) >= 11 is 5.44. The third-order valence-corrected chi connectivity index (χ3v) is 10.5.